The van der Waals surface area contributed by atoms with Gasteiger partial charge in [0.15, 0.2) is 0 Å². The summed E-state index contributed by atoms with van der Waals surface area (Å²) in [7, 11) is 0. The van der Waals surface area contributed by atoms with Gasteiger partial charge in [-0.3, -0.25) is 5.21 Å². The van der Waals surface area contributed by atoms with Crippen molar-refractivity contribution >= 4 is 6.03 Å². The number of fused-ring (bicyclic) bond motifs is 1. The molecule has 1 heterocycles. The minimum atomic E-state index is -0.858. The number of nitrogens with zero attached hydrogens (tertiary/aromatic N) is 1. The van der Waals surface area contributed by atoms with Crippen molar-refractivity contribution in [2.75, 3.05) is 6.61 Å². The topological polar surface area (TPSA) is 75.8 Å². The molecule has 0 aliphatic carbocycles. The molecule has 1 aliphatic heterocycles. The molecule has 0 bridgehead atoms. The second kappa shape index (κ2) is 3.78. The van der Waals surface area contributed by atoms with Crippen molar-refractivity contribution in [3.8, 4) is 5.75 Å². The Bertz CT molecular complexity index is 381. The fraction of sp³-hybridized carbons (Fsp3) is 0.300. The lowest BCUT2D eigenvalue weighted by molar-refractivity contribution is -0.0883. The first-order valence-corrected chi connectivity index (χ1v) is 4.66. The molecule has 2 rings (SSSR count). The van der Waals surface area contributed by atoms with Crippen molar-refractivity contribution < 1.29 is 14.7 Å². The predicted octanol–water partition coefficient (Wildman–Crippen LogP) is 0.760. The quantitative estimate of drug-likeness (QED) is 0.528. The highest BCUT2D eigenvalue weighted by molar-refractivity contribution is 5.71. The van der Waals surface area contributed by atoms with E-state index in [4.69, 9.17) is 10.5 Å². The maximum atomic E-state index is 10.8. The molecule has 15 heavy (non-hydrogen) atoms. The number of nitrogens with two attached hydrogens (primary N) is 1. The highest BCUT2D eigenvalue weighted by atomic mass is 16.5. The molecule has 0 saturated carbocycles. The van der Waals surface area contributed by atoms with Crippen molar-refractivity contribution in [1.82, 2.24) is 5.06 Å². The van der Waals surface area contributed by atoms with Crippen molar-refractivity contribution in [3.63, 3.8) is 0 Å². The van der Waals surface area contributed by atoms with E-state index >= 15 is 0 Å². The summed E-state index contributed by atoms with van der Waals surface area (Å²) in [4.78, 5) is 10.8. The first-order valence-electron chi connectivity index (χ1n) is 4.66. The van der Waals surface area contributed by atoms with Crippen LogP contribution in [0.1, 0.15) is 5.56 Å². The van der Waals surface area contributed by atoms with Gasteiger partial charge < -0.3 is 10.5 Å². The molecule has 5 nitrogen and oxygen atoms in total. The minimum absolute atomic E-state index is 0.260. The van der Waals surface area contributed by atoms with E-state index in [1.165, 1.54) is 0 Å². The zero-order chi connectivity index (χ0) is 10.8. The average molecular weight is 208 g/mol. The van der Waals surface area contributed by atoms with Crippen molar-refractivity contribution in [2.24, 2.45) is 5.73 Å². The van der Waals surface area contributed by atoms with Crippen LogP contribution in [0, 0.1) is 0 Å². The minimum Gasteiger partial charge on any atom is -0.491 e. The number of hydroxylamine groups is 2. The van der Waals surface area contributed by atoms with E-state index < -0.39 is 12.1 Å². The van der Waals surface area contributed by atoms with Gasteiger partial charge in [0.1, 0.15) is 12.4 Å². The second-order valence-corrected chi connectivity index (χ2v) is 3.46. The third-order valence-corrected chi connectivity index (χ3v) is 2.43. The number of benzene rings is 1. The number of amides is 2. The number of hydrogen-bond donors (Lipinski definition) is 2. The van der Waals surface area contributed by atoms with Crippen molar-refractivity contribution in [1.29, 1.82) is 0 Å². The number of carbonyl (C=O) groups is 1. The summed E-state index contributed by atoms with van der Waals surface area (Å²) in [5.41, 5.74) is 5.93. The second-order valence-electron chi connectivity index (χ2n) is 3.46. The van der Waals surface area contributed by atoms with Gasteiger partial charge in [0.2, 0.25) is 0 Å². The average Bonchev–Trinajstić information content (AvgIpc) is 2.27. The van der Waals surface area contributed by atoms with Gasteiger partial charge in [-0.1, -0.05) is 18.2 Å². The fourth-order valence-electron chi connectivity index (χ4n) is 1.65. The number of urea groups is 1. The number of primary amides is 1. The molecule has 3 N–H and O–H groups in total. The number of rotatable bonds is 1. The molecule has 5 heteroatoms. The van der Waals surface area contributed by atoms with E-state index in [9.17, 15) is 10.0 Å². The third-order valence-electron chi connectivity index (χ3n) is 2.43. The summed E-state index contributed by atoms with van der Waals surface area (Å²) in [6.45, 7) is 0.260. The molecular weight excluding hydrogens is 196 g/mol. The van der Waals surface area contributed by atoms with Crippen LogP contribution in [0.2, 0.25) is 0 Å². The molecule has 1 unspecified atom stereocenters. The summed E-state index contributed by atoms with van der Waals surface area (Å²) in [6.07, 6.45) is 0.551. The van der Waals surface area contributed by atoms with Crippen LogP contribution in [-0.4, -0.2) is 29.0 Å². The van der Waals surface area contributed by atoms with Gasteiger partial charge in [0, 0.05) is 6.42 Å². The SMILES string of the molecule is NC(=O)N(O)C1COc2ccccc2C1. The lowest BCUT2D eigenvalue weighted by Crippen LogP contribution is -2.46. The fourth-order valence-corrected chi connectivity index (χ4v) is 1.65. The third kappa shape index (κ3) is 1.87. The summed E-state index contributed by atoms with van der Waals surface area (Å²) in [6, 6.07) is 6.26. The first kappa shape index (κ1) is 9.79. The van der Waals surface area contributed by atoms with Crippen molar-refractivity contribution in [2.45, 2.75) is 12.5 Å². The molecule has 0 spiro atoms. The summed E-state index contributed by atoms with van der Waals surface area (Å²) >= 11 is 0. The van der Waals surface area contributed by atoms with E-state index in [0.29, 0.717) is 11.5 Å². The van der Waals surface area contributed by atoms with Crippen LogP contribution >= 0.6 is 0 Å². The normalized spacial score (nSPS) is 18.9. The maximum absolute atomic E-state index is 10.8. The van der Waals surface area contributed by atoms with Crippen LogP contribution in [-0.2, 0) is 6.42 Å². The van der Waals surface area contributed by atoms with Gasteiger partial charge >= 0.3 is 6.03 Å². The molecule has 1 atom stereocenters. The maximum Gasteiger partial charge on any atom is 0.338 e. The molecule has 0 saturated heterocycles. The highest BCUT2D eigenvalue weighted by Gasteiger charge is 2.26. The number of para-hydroxylation sites is 1. The zero-order valence-corrected chi connectivity index (χ0v) is 8.09. The zero-order valence-electron chi connectivity index (χ0n) is 8.09. The largest absolute Gasteiger partial charge is 0.491 e. The van der Waals surface area contributed by atoms with Gasteiger partial charge in [0.05, 0.1) is 6.04 Å². The Balaban J connectivity index is 2.15. The molecule has 1 aromatic carbocycles. The van der Waals surface area contributed by atoms with E-state index in [2.05, 4.69) is 0 Å². The first-order chi connectivity index (χ1) is 7.18. The van der Waals surface area contributed by atoms with E-state index in [-0.39, 0.29) is 6.61 Å². The number of ether oxygens (including phenoxy) is 1. The highest BCUT2D eigenvalue weighted by Crippen LogP contribution is 2.25. The Kier molecular flexibility index (Phi) is 2.47. The molecule has 80 valence electrons. The van der Waals surface area contributed by atoms with Crippen LogP contribution in [0.25, 0.3) is 0 Å². The summed E-state index contributed by atoms with van der Waals surface area (Å²) in [5.74, 6) is 0.798. The van der Waals surface area contributed by atoms with Crippen LogP contribution in [0.4, 0.5) is 4.79 Å². The molecule has 1 aromatic rings. The molecule has 0 fully saturated rings. The Hall–Kier alpha value is -1.75. The van der Waals surface area contributed by atoms with Gasteiger partial charge in [-0.15, -0.1) is 0 Å². The Morgan fingerprint density at radius 1 is 1.53 bits per heavy atom. The van der Waals surface area contributed by atoms with Crippen LogP contribution in [0.3, 0.4) is 0 Å². The molecule has 0 aromatic heterocycles. The smallest absolute Gasteiger partial charge is 0.338 e. The Morgan fingerprint density at radius 2 is 2.27 bits per heavy atom. The van der Waals surface area contributed by atoms with Crippen LogP contribution in [0.15, 0.2) is 24.3 Å². The van der Waals surface area contributed by atoms with Gasteiger partial charge in [-0.2, -0.15) is 5.06 Å². The van der Waals surface area contributed by atoms with Gasteiger partial charge in [-0.05, 0) is 11.6 Å². The lowest BCUT2D eigenvalue weighted by Gasteiger charge is -2.29. The predicted molar refractivity (Wildman–Crippen MR) is 52.6 cm³/mol. The van der Waals surface area contributed by atoms with Gasteiger partial charge in [-0.25, -0.2) is 4.79 Å². The standard InChI is InChI=1S/C10H12N2O3/c11-10(13)12(14)8-5-7-3-1-2-4-9(7)15-6-8/h1-4,8,14H,5-6H2,(H2,11,13). The monoisotopic (exact) mass is 208 g/mol. The lowest BCUT2D eigenvalue weighted by atomic mass is 10.0. The summed E-state index contributed by atoms with van der Waals surface area (Å²) in [5, 5.41) is 9.88. The van der Waals surface area contributed by atoms with E-state index in [1.54, 1.807) is 0 Å². The van der Waals surface area contributed by atoms with Crippen LogP contribution < -0.4 is 10.5 Å². The molecule has 2 amide bonds. The molecule has 1 aliphatic rings. The number of hydrogen-bond acceptors (Lipinski definition) is 3. The van der Waals surface area contributed by atoms with E-state index in [1.807, 2.05) is 24.3 Å². The Labute approximate surface area is 87.0 Å². The van der Waals surface area contributed by atoms with E-state index in [0.717, 1.165) is 11.3 Å². The number of carbonyl (C=O) groups excluding carboxylic acids is 1. The van der Waals surface area contributed by atoms with Crippen LogP contribution in [0.5, 0.6) is 5.75 Å². The van der Waals surface area contributed by atoms with Crippen molar-refractivity contribution in [3.05, 3.63) is 29.8 Å². The molecular formula is C10H12N2O3. The summed E-state index contributed by atoms with van der Waals surface area (Å²) < 4.78 is 5.40. The van der Waals surface area contributed by atoms with Gasteiger partial charge in [0.25, 0.3) is 0 Å². The molecule has 0 radical (unpaired) electrons. The Morgan fingerprint density at radius 3 is 3.00 bits per heavy atom.